The molecule has 9 heteroatoms. The summed E-state index contributed by atoms with van der Waals surface area (Å²) in [7, 11) is -1.51. The van der Waals surface area contributed by atoms with E-state index in [-0.39, 0.29) is 11.5 Å². The molecule has 0 amide bonds. The van der Waals surface area contributed by atoms with E-state index >= 15 is 0 Å². The normalized spacial score (nSPS) is 13.1. The maximum Gasteiger partial charge on any atom is 0.422 e. The Bertz CT molecular complexity index is 891. The number of fused-ring (bicyclic) bond motifs is 1. The third-order valence-electron chi connectivity index (χ3n) is 3.24. The number of pyridine rings is 1. The Balaban J connectivity index is 1.77. The van der Waals surface area contributed by atoms with Gasteiger partial charge >= 0.3 is 6.18 Å². The van der Waals surface area contributed by atoms with E-state index in [2.05, 4.69) is 15.0 Å². The number of benzene rings is 1. The van der Waals surface area contributed by atoms with E-state index in [0.29, 0.717) is 22.1 Å². The molecule has 0 bridgehead atoms. The Labute approximate surface area is 143 Å². The highest BCUT2D eigenvalue weighted by atomic mass is 32.2. The molecule has 0 spiro atoms. The molecule has 0 saturated heterocycles. The van der Waals surface area contributed by atoms with Crippen molar-refractivity contribution >= 4 is 21.8 Å². The van der Waals surface area contributed by atoms with Crippen LogP contribution in [0.1, 0.15) is 11.4 Å². The molecule has 1 N–H and O–H groups in total. The zero-order valence-electron chi connectivity index (χ0n) is 13.1. The minimum absolute atomic E-state index is 0.0177. The highest BCUT2D eigenvalue weighted by Crippen LogP contribution is 2.21. The van der Waals surface area contributed by atoms with Crippen molar-refractivity contribution in [2.24, 2.45) is 0 Å². The van der Waals surface area contributed by atoms with Crippen LogP contribution in [0.4, 0.5) is 13.2 Å². The van der Waals surface area contributed by atoms with Crippen LogP contribution in [0.3, 0.4) is 0 Å². The molecule has 3 aromatic rings. The van der Waals surface area contributed by atoms with E-state index < -0.39 is 23.6 Å². The van der Waals surface area contributed by atoms with Crippen LogP contribution in [0.2, 0.25) is 0 Å². The monoisotopic (exact) mass is 369 g/mol. The summed E-state index contributed by atoms with van der Waals surface area (Å²) in [6, 6.07) is 10.0. The first-order valence-corrected chi connectivity index (χ1v) is 8.62. The summed E-state index contributed by atoms with van der Waals surface area (Å²) in [6.07, 6.45) is -4.42. The van der Waals surface area contributed by atoms with Gasteiger partial charge in [0, 0.05) is 17.8 Å². The average Bonchev–Trinajstić information content (AvgIpc) is 2.96. The summed E-state index contributed by atoms with van der Waals surface area (Å²) < 4.78 is 54.0. The molecule has 0 saturated carbocycles. The van der Waals surface area contributed by atoms with Gasteiger partial charge in [0.2, 0.25) is 0 Å². The first kappa shape index (κ1) is 17.4. The fourth-order valence-electron chi connectivity index (χ4n) is 2.27. The number of nitrogens with one attached hydrogen (secondary N) is 1. The van der Waals surface area contributed by atoms with Crippen LogP contribution in [0.5, 0.6) is 5.75 Å². The molecule has 1 aromatic carbocycles. The number of halogens is 3. The highest BCUT2D eigenvalue weighted by molar-refractivity contribution is 7.84. The molecule has 0 aliphatic carbocycles. The van der Waals surface area contributed by atoms with Crippen molar-refractivity contribution in [3.05, 3.63) is 47.8 Å². The van der Waals surface area contributed by atoms with Crippen LogP contribution in [0.25, 0.3) is 11.0 Å². The quantitative estimate of drug-likeness (QED) is 0.747. The fraction of sp³-hybridized carbons (Fsp3) is 0.250. The van der Waals surface area contributed by atoms with Gasteiger partial charge in [-0.1, -0.05) is 12.1 Å². The summed E-state index contributed by atoms with van der Waals surface area (Å²) in [6.45, 7) is 0.247. The van der Waals surface area contributed by atoms with E-state index in [1.165, 1.54) is 12.1 Å². The standard InChI is InChI=1S/C16H14F3N3O2S/c1-10-6-12(24-9-16(17,18)19)7-11(20-10)8-25(23)15-21-13-4-2-3-5-14(13)22-15/h2-7H,8-9H2,1H3,(H,21,22)/t25-/m0/s1. The Morgan fingerprint density at radius 1 is 1.20 bits per heavy atom. The SMILES string of the molecule is Cc1cc(OCC(F)(F)F)cc(C[S@](=O)c2nc3ccccc3[nH]2)n1. The van der Waals surface area contributed by atoms with Crippen LogP contribution >= 0.6 is 0 Å². The van der Waals surface area contributed by atoms with E-state index in [1.54, 1.807) is 13.0 Å². The maximum atomic E-state index is 12.5. The number of aromatic nitrogens is 3. The van der Waals surface area contributed by atoms with Gasteiger partial charge in [-0.05, 0) is 19.1 Å². The molecule has 3 rings (SSSR count). The molecule has 0 fully saturated rings. The molecule has 0 aliphatic heterocycles. The van der Waals surface area contributed by atoms with Gasteiger partial charge in [-0.15, -0.1) is 0 Å². The lowest BCUT2D eigenvalue weighted by Crippen LogP contribution is -2.19. The molecule has 0 unspecified atom stereocenters. The van der Waals surface area contributed by atoms with E-state index in [9.17, 15) is 17.4 Å². The molecule has 132 valence electrons. The Hall–Kier alpha value is -2.42. The minimum atomic E-state index is -4.42. The van der Waals surface area contributed by atoms with Gasteiger partial charge in [0.05, 0.1) is 33.3 Å². The largest absolute Gasteiger partial charge is 0.484 e. The maximum absolute atomic E-state index is 12.5. The predicted molar refractivity (Wildman–Crippen MR) is 86.7 cm³/mol. The van der Waals surface area contributed by atoms with Crippen molar-refractivity contribution in [1.29, 1.82) is 0 Å². The third kappa shape index (κ3) is 4.56. The van der Waals surface area contributed by atoms with E-state index in [1.807, 2.05) is 18.2 Å². The third-order valence-corrected chi connectivity index (χ3v) is 4.43. The van der Waals surface area contributed by atoms with E-state index in [0.717, 1.165) is 5.52 Å². The molecular weight excluding hydrogens is 355 g/mol. The molecule has 2 aromatic heterocycles. The van der Waals surface area contributed by atoms with Gasteiger partial charge in [0.15, 0.2) is 11.8 Å². The van der Waals surface area contributed by atoms with Crippen LogP contribution < -0.4 is 4.74 Å². The molecule has 0 radical (unpaired) electrons. The number of ether oxygens (including phenoxy) is 1. The number of alkyl halides is 3. The van der Waals surface area contributed by atoms with Crippen molar-refractivity contribution in [1.82, 2.24) is 15.0 Å². The van der Waals surface area contributed by atoms with Crippen molar-refractivity contribution < 1.29 is 22.1 Å². The van der Waals surface area contributed by atoms with Crippen molar-refractivity contribution in [2.45, 2.75) is 24.0 Å². The molecule has 2 heterocycles. The van der Waals surface area contributed by atoms with Gasteiger partial charge in [0.25, 0.3) is 0 Å². The summed E-state index contributed by atoms with van der Waals surface area (Å²) in [4.78, 5) is 11.4. The summed E-state index contributed by atoms with van der Waals surface area (Å²) in [5.41, 5.74) is 2.31. The Morgan fingerprint density at radius 2 is 1.96 bits per heavy atom. The first-order valence-electron chi connectivity index (χ1n) is 7.30. The molecule has 1 atom stereocenters. The van der Waals surface area contributed by atoms with Crippen molar-refractivity contribution in [3.8, 4) is 5.75 Å². The molecule has 0 aliphatic rings. The number of nitrogens with zero attached hydrogens (tertiary/aromatic N) is 2. The number of rotatable bonds is 5. The van der Waals surface area contributed by atoms with Crippen LogP contribution in [0, 0.1) is 6.92 Å². The zero-order chi connectivity index (χ0) is 18.0. The zero-order valence-corrected chi connectivity index (χ0v) is 13.9. The second-order valence-corrected chi connectivity index (χ2v) is 6.75. The second-order valence-electron chi connectivity index (χ2n) is 5.39. The van der Waals surface area contributed by atoms with Gasteiger partial charge in [-0.25, -0.2) is 4.98 Å². The lowest BCUT2D eigenvalue weighted by atomic mass is 10.3. The smallest absolute Gasteiger partial charge is 0.422 e. The van der Waals surface area contributed by atoms with Crippen molar-refractivity contribution in [3.63, 3.8) is 0 Å². The van der Waals surface area contributed by atoms with Crippen LogP contribution in [0.15, 0.2) is 41.6 Å². The lowest BCUT2D eigenvalue weighted by molar-refractivity contribution is -0.153. The van der Waals surface area contributed by atoms with Gasteiger partial charge < -0.3 is 9.72 Å². The minimum Gasteiger partial charge on any atom is -0.484 e. The summed E-state index contributed by atoms with van der Waals surface area (Å²) in [5.74, 6) is 0.0607. The first-order chi connectivity index (χ1) is 11.8. The number of imidazole rings is 1. The Kier molecular flexibility index (Phi) is 4.76. The number of aromatic amines is 1. The van der Waals surface area contributed by atoms with Crippen LogP contribution in [-0.2, 0) is 16.6 Å². The highest BCUT2D eigenvalue weighted by Gasteiger charge is 2.28. The lowest BCUT2D eigenvalue weighted by Gasteiger charge is -2.10. The van der Waals surface area contributed by atoms with Gasteiger partial charge in [-0.2, -0.15) is 13.2 Å². The number of aryl methyl sites for hydroxylation is 1. The average molecular weight is 369 g/mol. The van der Waals surface area contributed by atoms with Gasteiger partial charge in [-0.3, -0.25) is 9.19 Å². The number of H-pyrrole nitrogens is 1. The number of hydrogen-bond acceptors (Lipinski definition) is 4. The van der Waals surface area contributed by atoms with Crippen LogP contribution in [-0.4, -0.2) is 31.9 Å². The summed E-state index contributed by atoms with van der Waals surface area (Å²) in [5, 5.41) is 0.294. The molecule has 25 heavy (non-hydrogen) atoms. The van der Waals surface area contributed by atoms with E-state index in [4.69, 9.17) is 4.74 Å². The molecule has 5 nitrogen and oxygen atoms in total. The Morgan fingerprint density at radius 3 is 2.68 bits per heavy atom. The van der Waals surface area contributed by atoms with Gasteiger partial charge in [0.1, 0.15) is 5.75 Å². The predicted octanol–water partition coefficient (Wildman–Crippen LogP) is 3.52. The van der Waals surface area contributed by atoms with Crippen molar-refractivity contribution in [2.75, 3.05) is 6.61 Å². The fourth-order valence-corrected chi connectivity index (χ4v) is 3.24. The molecular formula is C16H14F3N3O2S. The topological polar surface area (TPSA) is 67.9 Å². The number of hydrogen-bond donors (Lipinski definition) is 1. The number of para-hydroxylation sites is 2. The summed E-state index contributed by atoms with van der Waals surface area (Å²) >= 11 is 0. The second kappa shape index (κ2) is 6.83.